The molecule has 2 N–H and O–H groups in total. The molecule has 1 aliphatic rings. The summed E-state index contributed by atoms with van der Waals surface area (Å²) in [6.07, 6.45) is 9.25. The summed E-state index contributed by atoms with van der Waals surface area (Å²) < 4.78 is 0. The van der Waals surface area contributed by atoms with Crippen LogP contribution < -0.4 is 5.73 Å². The summed E-state index contributed by atoms with van der Waals surface area (Å²) >= 11 is 0. The number of rotatable bonds is 3. The van der Waals surface area contributed by atoms with Crippen LogP contribution in [0.3, 0.4) is 0 Å². The van der Waals surface area contributed by atoms with Crippen LogP contribution in [0.1, 0.15) is 51.9 Å². The number of likely N-dealkylation sites (N-methyl/N-ethyl adjacent to an activating group) is 1. The molecule has 0 amide bonds. The number of nitrogens with zero attached hydrogens (tertiary/aromatic N) is 1. The average molecular weight is 198 g/mol. The van der Waals surface area contributed by atoms with E-state index in [1.807, 2.05) is 0 Å². The van der Waals surface area contributed by atoms with E-state index in [-0.39, 0.29) is 0 Å². The van der Waals surface area contributed by atoms with Crippen molar-refractivity contribution in [3.63, 3.8) is 0 Å². The molecule has 2 heteroatoms. The second-order valence-electron chi connectivity index (χ2n) is 4.70. The van der Waals surface area contributed by atoms with Gasteiger partial charge in [-0.2, -0.15) is 0 Å². The van der Waals surface area contributed by atoms with Gasteiger partial charge in [-0.3, -0.25) is 0 Å². The summed E-state index contributed by atoms with van der Waals surface area (Å²) in [6, 6.07) is 1.04. The smallest absolute Gasteiger partial charge is 0.0244 e. The molecule has 0 aromatic carbocycles. The molecule has 0 aliphatic heterocycles. The van der Waals surface area contributed by atoms with Gasteiger partial charge in [0.15, 0.2) is 0 Å². The highest BCUT2D eigenvalue weighted by Gasteiger charge is 2.22. The van der Waals surface area contributed by atoms with Crippen LogP contribution in [-0.4, -0.2) is 30.6 Å². The molecular formula is C12H26N2. The van der Waals surface area contributed by atoms with Gasteiger partial charge in [0.1, 0.15) is 0 Å². The maximum atomic E-state index is 6.24. The van der Waals surface area contributed by atoms with Crippen molar-refractivity contribution in [3.05, 3.63) is 0 Å². The van der Waals surface area contributed by atoms with Crippen molar-refractivity contribution in [2.75, 3.05) is 13.6 Å². The van der Waals surface area contributed by atoms with E-state index in [9.17, 15) is 0 Å². The fourth-order valence-electron chi connectivity index (χ4n) is 2.56. The van der Waals surface area contributed by atoms with E-state index in [0.717, 1.165) is 0 Å². The molecule has 0 saturated heterocycles. The SMILES string of the molecule is CCCN(C)C1CCCCCCC1N. The minimum absolute atomic E-state index is 0.409. The molecule has 1 fully saturated rings. The van der Waals surface area contributed by atoms with Crippen LogP contribution in [0.5, 0.6) is 0 Å². The van der Waals surface area contributed by atoms with Crippen molar-refractivity contribution in [1.82, 2.24) is 4.90 Å². The Morgan fingerprint density at radius 3 is 2.43 bits per heavy atom. The minimum atomic E-state index is 0.409. The zero-order chi connectivity index (χ0) is 10.4. The van der Waals surface area contributed by atoms with Gasteiger partial charge in [0.2, 0.25) is 0 Å². The molecule has 0 aromatic heterocycles. The molecule has 0 spiro atoms. The monoisotopic (exact) mass is 198 g/mol. The Bertz CT molecular complexity index is 143. The van der Waals surface area contributed by atoms with Crippen LogP contribution in [0, 0.1) is 0 Å². The highest BCUT2D eigenvalue weighted by molar-refractivity contribution is 4.82. The molecule has 1 saturated carbocycles. The highest BCUT2D eigenvalue weighted by Crippen LogP contribution is 2.20. The lowest BCUT2D eigenvalue weighted by Crippen LogP contribution is -2.46. The van der Waals surface area contributed by atoms with Crippen LogP contribution in [0.2, 0.25) is 0 Å². The third kappa shape index (κ3) is 3.58. The van der Waals surface area contributed by atoms with Gasteiger partial charge in [0.25, 0.3) is 0 Å². The van der Waals surface area contributed by atoms with E-state index < -0.39 is 0 Å². The van der Waals surface area contributed by atoms with Crippen LogP contribution >= 0.6 is 0 Å². The fourth-order valence-corrected chi connectivity index (χ4v) is 2.56. The average Bonchev–Trinajstić information content (AvgIpc) is 2.12. The molecule has 2 nitrogen and oxygen atoms in total. The number of hydrogen-bond acceptors (Lipinski definition) is 2. The third-order valence-corrected chi connectivity index (χ3v) is 3.42. The van der Waals surface area contributed by atoms with Crippen molar-refractivity contribution in [1.29, 1.82) is 0 Å². The standard InChI is InChI=1S/C12H26N2/c1-3-10-14(2)12-9-7-5-4-6-8-11(12)13/h11-12H,3-10,13H2,1-2H3. The van der Waals surface area contributed by atoms with Crippen LogP contribution in [-0.2, 0) is 0 Å². The molecule has 14 heavy (non-hydrogen) atoms. The molecule has 2 unspecified atom stereocenters. The van der Waals surface area contributed by atoms with E-state index in [0.29, 0.717) is 12.1 Å². The number of nitrogens with two attached hydrogens (primary N) is 1. The molecule has 1 rings (SSSR count). The summed E-state index contributed by atoms with van der Waals surface area (Å²) in [5.41, 5.74) is 6.24. The van der Waals surface area contributed by atoms with E-state index >= 15 is 0 Å². The molecule has 0 heterocycles. The van der Waals surface area contributed by atoms with Crippen molar-refractivity contribution in [2.24, 2.45) is 5.73 Å². The summed E-state index contributed by atoms with van der Waals surface area (Å²) in [7, 11) is 2.23. The largest absolute Gasteiger partial charge is 0.326 e. The quantitative estimate of drug-likeness (QED) is 0.754. The Kier molecular flexibility index (Phi) is 5.49. The zero-order valence-electron chi connectivity index (χ0n) is 9.84. The van der Waals surface area contributed by atoms with Crippen molar-refractivity contribution in [2.45, 2.75) is 64.0 Å². The van der Waals surface area contributed by atoms with Crippen LogP contribution in [0.15, 0.2) is 0 Å². The van der Waals surface area contributed by atoms with E-state index in [2.05, 4.69) is 18.9 Å². The summed E-state index contributed by atoms with van der Waals surface area (Å²) in [5, 5.41) is 0. The molecule has 0 bridgehead atoms. The van der Waals surface area contributed by atoms with E-state index in [4.69, 9.17) is 5.73 Å². The molecule has 1 aliphatic carbocycles. The van der Waals surface area contributed by atoms with Crippen molar-refractivity contribution in [3.8, 4) is 0 Å². The van der Waals surface area contributed by atoms with Crippen LogP contribution in [0.25, 0.3) is 0 Å². The predicted octanol–water partition coefficient (Wildman–Crippen LogP) is 2.38. The van der Waals surface area contributed by atoms with Gasteiger partial charge >= 0.3 is 0 Å². The fraction of sp³-hybridized carbons (Fsp3) is 1.00. The van der Waals surface area contributed by atoms with Gasteiger partial charge < -0.3 is 10.6 Å². The second kappa shape index (κ2) is 6.41. The first-order valence-electron chi connectivity index (χ1n) is 6.21. The molecule has 2 atom stereocenters. The maximum absolute atomic E-state index is 6.24. The van der Waals surface area contributed by atoms with Gasteiger partial charge in [-0.1, -0.05) is 32.6 Å². The lowest BCUT2D eigenvalue weighted by atomic mass is 9.92. The second-order valence-corrected chi connectivity index (χ2v) is 4.70. The normalized spacial score (nSPS) is 30.0. The summed E-state index contributed by atoms with van der Waals surface area (Å²) in [5.74, 6) is 0. The third-order valence-electron chi connectivity index (χ3n) is 3.42. The maximum Gasteiger partial charge on any atom is 0.0244 e. The van der Waals surface area contributed by atoms with Gasteiger partial charge in [-0.25, -0.2) is 0 Å². The Hall–Kier alpha value is -0.0800. The zero-order valence-corrected chi connectivity index (χ0v) is 9.84. The highest BCUT2D eigenvalue weighted by atomic mass is 15.1. The lowest BCUT2D eigenvalue weighted by molar-refractivity contribution is 0.182. The van der Waals surface area contributed by atoms with Gasteiger partial charge in [0.05, 0.1) is 0 Å². The van der Waals surface area contributed by atoms with Gasteiger partial charge in [0, 0.05) is 12.1 Å². The van der Waals surface area contributed by atoms with Crippen LogP contribution in [0.4, 0.5) is 0 Å². The van der Waals surface area contributed by atoms with Gasteiger partial charge in [-0.15, -0.1) is 0 Å². The first-order chi connectivity index (χ1) is 6.75. The summed E-state index contributed by atoms with van der Waals surface area (Å²) in [6.45, 7) is 3.43. The Morgan fingerprint density at radius 2 is 1.79 bits per heavy atom. The number of hydrogen-bond donors (Lipinski definition) is 1. The Labute approximate surface area is 88.8 Å². The molecule has 0 radical (unpaired) electrons. The molecular weight excluding hydrogens is 172 g/mol. The van der Waals surface area contributed by atoms with E-state index in [1.165, 1.54) is 51.5 Å². The first kappa shape index (κ1) is 12.0. The Morgan fingerprint density at radius 1 is 1.14 bits per heavy atom. The minimum Gasteiger partial charge on any atom is -0.326 e. The first-order valence-corrected chi connectivity index (χ1v) is 6.21. The van der Waals surface area contributed by atoms with Gasteiger partial charge in [-0.05, 0) is 32.9 Å². The Balaban J connectivity index is 2.43. The van der Waals surface area contributed by atoms with E-state index in [1.54, 1.807) is 0 Å². The predicted molar refractivity (Wildman–Crippen MR) is 62.4 cm³/mol. The lowest BCUT2D eigenvalue weighted by Gasteiger charge is -2.34. The van der Waals surface area contributed by atoms with Crippen molar-refractivity contribution >= 4 is 0 Å². The van der Waals surface area contributed by atoms with Crippen molar-refractivity contribution < 1.29 is 0 Å². The molecule has 84 valence electrons. The molecule has 0 aromatic rings. The topological polar surface area (TPSA) is 29.3 Å². The summed E-state index contributed by atoms with van der Waals surface area (Å²) in [4.78, 5) is 2.47.